The maximum absolute atomic E-state index is 12.8. The fourth-order valence-corrected chi connectivity index (χ4v) is 4.40. The van der Waals surface area contributed by atoms with Crippen molar-refractivity contribution in [1.29, 1.82) is 0 Å². The molecule has 1 aliphatic heterocycles. The van der Waals surface area contributed by atoms with Crippen molar-refractivity contribution in [2.45, 2.75) is 38.4 Å². The van der Waals surface area contributed by atoms with Crippen molar-refractivity contribution < 1.29 is 19.1 Å². The molecular formula is C18H22N2O4S. The number of fused-ring (bicyclic) bond motifs is 1. The van der Waals surface area contributed by atoms with E-state index in [0.29, 0.717) is 42.1 Å². The average Bonchev–Trinajstić information content (AvgIpc) is 3.00. The minimum Gasteiger partial charge on any atom is -0.429 e. The summed E-state index contributed by atoms with van der Waals surface area (Å²) >= 11 is 4.98. The average molecular weight is 362 g/mol. The smallest absolute Gasteiger partial charge is 0.266 e. The van der Waals surface area contributed by atoms with E-state index in [1.807, 2.05) is 17.9 Å². The van der Waals surface area contributed by atoms with Gasteiger partial charge < -0.3 is 24.1 Å². The predicted molar refractivity (Wildman–Crippen MR) is 95.0 cm³/mol. The van der Waals surface area contributed by atoms with Crippen LogP contribution in [0.1, 0.15) is 36.5 Å². The minimum absolute atomic E-state index is 0.0131. The Balaban J connectivity index is 1.48. The zero-order chi connectivity index (χ0) is 17.6. The van der Waals surface area contributed by atoms with Crippen molar-refractivity contribution in [3.05, 3.63) is 28.6 Å². The Kier molecular flexibility index (Phi) is 4.17. The minimum atomic E-state index is -0.318. The number of likely N-dealkylation sites (tertiary alicyclic amines) is 1. The molecule has 7 heteroatoms. The monoisotopic (exact) mass is 362 g/mol. The van der Waals surface area contributed by atoms with Gasteiger partial charge in [-0.1, -0.05) is 0 Å². The molecule has 2 N–H and O–H groups in total. The molecule has 1 aromatic heterocycles. The molecule has 1 amide bonds. The van der Waals surface area contributed by atoms with E-state index < -0.39 is 0 Å². The van der Waals surface area contributed by atoms with Crippen LogP contribution in [0.25, 0.3) is 11.1 Å². The summed E-state index contributed by atoms with van der Waals surface area (Å²) in [6, 6.07) is 5.33. The number of H-pyrrole nitrogens is 1. The third kappa shape index (κ3) is 2.70. The Morgan fingerprint density at radius 3 is 2.92 bits per heavy atom. The van der Waals surface area contributed by atoms with Gasteiger partial charge in [0, 0.05) is 37.1 Å². The second-order valence-electron chi connectivity index (χ2n) is 6.95. The largest absolute Gasteiger partial charge is 0.429 e. The van der Waals surface area contributed by atoms with Crippen LogP contribution in [0.4, 0.5) is 0 Å². The molecule has 134 valence electrons. The zero-order valence-corrected chi connectivity index (χ0v) is 15.0. The van der Waals surface area contributed by atoms with Crippen molar-refractivity contribution in [2.24, 2.45) is 5.41 Å². The number of piperidine rings is 1. The topological polar surface area (TPSA) is 78.7 Å². The van der Waals surface area contributed by atoms with E-state index in [9.17, 15) is 9.90 Å². The number of aromatic nitrogens is 1. The first-order chi connectivity index (χ1) is 12.0. The van der Waals surface area contributed by atoms with Crippen LogP contribution in [0.15, 0.2) is 22.6 Å². The molecule has 1 saturated heterocycles. The Morgan fingerprint density at radius 2 is 2.24 bits per heavy atom. The van der Waals surface area contributed by atoms with Gasteiger partial charge in [0.15, 0.2) is 5.58 Å². The molecule has 2 atom stereocenters. The number of carbonyl (C=O) groups is 1. The van der Waals surface area contributed by atoms with Crippen LogP contribution in [0, 0.1) is 10.3 Å². The molecule has 1 aliphatic carbocycles. The number of aliphatic hydroxyl groups excluding tert-OH is 1. The van der Waals surface area contributed by atoms with Crippen molar-refractivity contribution in [3.8, 4) is 0 Å². The highest BCUT2D eigenvalue weighted by molar-refractivity contribution is 7.71. The molecule has 0 bridgehead atoms. The molecule has 2 aromatic rings. The lowest BCUT2D eigenvalue weighted by Crippen LogP contribution is -2.62. The van der Waals surface area contributed by atoms with E-state index in [1.165, 1.54) is 0 Å². The fourth-order valence-electron chi connectivity index (χ4n) is 4.20. The van der Waals surface area contributed by atoms with Gasteiger partial charge in [0.25, 0.3) is 10.7 Å². The molecule has 6 nitrogen and oxygen atoms in total. The van der Waals surface area contributed by atoms with Crippen molar-refractivity contribution in [3.63, 3.8) is 0 Å². The maximum Gasteiger partial charge on any atom is 0.266 e. The van der Waals surface area contributed by atoms with Gasteiger partial charge >= 0.3 is 0 Å². The third-order valence-electron chi connectivity index (χ3n) is 5.76. The van der Waals surface area contributed by atoms with E-state index in [0.717, 1.165) is 18.4 Å². The molecule has 2 heterocycles. The number of nitrogens with one attached hydrogen (secondary N) is 1. The van der Waals surface area contributed by atoms with Gasteiger partial charge in [-0.3, -0.25) is 4.79 Å². The molecule has 2 aliphatic rings. The van der Waals surface area contributed by atoms with E-state index >= 15 is 0 Å². The van der Waals surface area contributed by atoms with Crippen molar-refractivity contribution in [1.82, 2.24) is 9.88 Å². The highest BCUT2D eigenvalue weighted by Crippen LogP contribution is 2.51. The molecule has 1 spiro atoms. The SMILES string of the molecule is CCO[C@H]1C[C@H](O)C12CCN(C(=O)c1ccc3[nH]c(=S)oc3c1)CC2. The standard InChI is InChI=1S/C18H22N2O4S/c1-2-23-15-10-14(21)18(15)5-7-20(8-6-18)16(22)11-3-4-12-13(9-11)24-17(25)19-12/h3-4,9,14-15,21H,2,5-8,10H2,1H3,(H,19,25)/t14-,15-/m0/s1. The van der Waals surface area contributed by atoms with Gasteiger partial charge in [0.05, 0.1) is 17.7 Å². The van der Waals surface area contributed by atoms with Gasteiger partial charge in [-0.2, -0.15) is 0 Å². The summed E-state index contributed by atoms with van der Waals surface area (Å²) in [7, 11) is 0. The first-order valence-corrected chi connectivity index (χ1v) is 9.16. The van der Waals surface area contributed by atoms with Crippen LogP contribution < -0.4 is 0 Å². The number of hydrogen-bond acceptors (Lipinski definition) is 5. The fraction of sp³-hybridized carbons (Fsp3) is 0.556. The van der Waals surface area contributed by atoms with Crippen molar-refractivity contribution in [2.75, 3.05) is 19.7 Å². The molecular weight excluding hydrogens is 340 g/mol. The number of amides is 1. The Morgan fingerprint density at radius 1 is 1.48 bits per heavy atom. The van der Waals surface area contributed by atoms with E-state index in [4.69, 9.17) is 21.4 Å². The second kappa shape index (κ2) is 6.23. The number of oxazole rings is 1. The van der Waals surface area contributed by atoms with Crippen LogP contribution in [-0.4, -0.2) is 52.8 Å². The van der Waals surface area contributed by atoms with E-state index in [-0.39, 0.29) is 23.5 Å². The number of aliphatic hydroxyl groups is 1. The number of nitrogens with zero attached hydrogens (tertiary/aromatic N) is 1. The zero-order valence-electron chi connectivity index (χ0n) is 14.2. The lowest BCUT2D eigenvalue weighted by Gasteiger charge is -2.56. The van der Waals surface area contributed by atoms with E-state index in [1.54, 1.807) is 12.1 Å². The lowest BCUT2D eigenvalue weighted by atomic mass is 9.58. The van der Waals surface area contributed by atoms with Crippen LogP contribution in [0.5, 0.6) is 0 Å². The normalized spacial score (nSPS) is 25.3. The Bertz CT molecular complexity index is 848. The number of carbonyl (C=O) groups excluding carboxylic acids is 1. The summed E-state index contributed by atoms with van der Waals surface area (Å²) < 4.78 is 11.2. The predicted octanol–water partition coefficient (Wildman–Crippen LogP) is 2.88. The van der Waals surface area contributed by atoms with Crippen LogP contribution in [0.3, 0.4) is 0 Å². The summed E-state index contributed by atoms with van der Waals surface area (Å²) in [5, 5.41) is 10.3. The Hall–Kier alpha value is -1.70. The summed E-state index contributed by atoms with van der Waals surface area (Å²) in [5.74, 6) is -0.0131. The third-order valence-corrected chi connectivity index (χ3v) is 5.94. The summed E-state index contributed by atoms with van der Waals surface area (Å²) in [5.41, 5.74) is 1.80. The molecule has 1 aromatic carbocycles. The molecule has 0 radical (unpaired) electrons. The van der Waals surface area contributed by atoms with Crippen LogP contribution in [0.2, 0.25) is 0 Å². The quantitative estimate of drug-likeness (QED) is 0.821. The number of rotatable bonds is 3. The molecule has 0 unspecified atom stereocenters. The highest BCUT2D eigenvalue weighted by Gasteiger charge is 2.56. The summed E-state index contributed by atoms with van der Waals surface area (Å²) in [6.07, 6.45) is 2.05. The van der Waals surface area contributed by atoms with Gasteiger partial charge in [0.1, 0.15) is 0 Å². The lowest BCUT2D eigenvalue weighted by molar-refractivity contribution is -0.207. The highest BCUT2D eigenvalue weighted by atomic mass is 32.1. The van der Waals surface area contributed by atoms with Gasteiger partial charge in [-0.15, -0.1) is 0 Å². The first-order valence-electron chi connectivity index (χ1n) is 8.75. The van der Waals surface area contributed by atoms with E-state index in [2.05, 4.69) is 4.98 Å². The molecule has 4 rings (SSSR count). The van der Waals surface area contributed by atoms with Gasteiger partial charge in [-0.05, 0) is 50.2 Å². The molecule has 1 saturated carbocycles. The molecule has 2 fully saturated rings. The number of ether oxygens (including phenoxy) is 1. The number of aromatic amines is 1. The summed E-state index contributed by atoms with van der Waals surface area (Å²) in [4.78, 5) is 17.9. The van der Waals surface area contributed by atoms with Gasteiger partial charge in [-0.25, -0.2) is 0 Å². The van der Waals surface area contributed by atoms with Crippen LogP contribution in [-0.2, 0) is 4.74 Å². The second-order valence-corrected chi connectivity index (χ2v) is 7.32. The number of benzene rings is 1. The first kappa shape index (κ1) is 16.8. The maximum atomic E-state index is 12.8. The van der Waals surface area contributed by atoms with Gasteiger partial charge in [0.2, 0.25) is 0 Å². The number of hydrogen-bond donors (Lipinski definition) is 2. The summed E-state index contributed by atoms with van der Waals surface area (Å²) in [6.45, 7) is 3.91. The van der Waals surface area contributed by atoms with Crippen LogP contribution >= 0.6 is 12.2 Å². The molecule has 25 heavy (non-hydrogen) atoms. The van der Waals surface area contributed by atoms with Crippen molar-refractivity contribution >= 4 is 29.2 Å². The Labute approximate surface area is 150 Å².